The zero-order chi connectivity index (χ0) is 21.6. The summed E-state index contributed by atoms with van der Waals surface area (Å²) >= 11 is 0. The quantitative estimate of drug-likeness (QED) is 0.475. The first-order valence-electron chi connectivity index (χ1n) is 9.98. The van der Waals surface area contributed by atoms with Crippen molar-refractivity contribution in [2.24, 2.45) is 0 Å². The highest BCUT2D eigenvalue weighted by Gasteiger charge is 2.07. The van der Waals surface area contributed by atoms with E-state index in [0.717, 1.165) is 22.5 Å². The summed E-state index contributed by atoms with van der Waals surface area (Å²) in [6, 6.07) is 17.6. The molecule has 156 valence electrons. The van der Waals surface area contributed by atoms with Crippen molar-refractivity contribution in [3.05, 3.63) is 99.7 Å². The Morgan fingerprint density at radius 3 is 2.58 bits per heavy atom. The highest BCUT2D eigenvalue weighted by molar-refractivity contribution is 5.56. The lowest BCUT2D eigenvalue weighted by Crippen LogP contribution is -2.14. The molecule has 7 heteroatoms. The molecule has 0 aliphatic heterocycles. The van der Waals surface area contributed by atoms with Gasteiger partial charge in [-0.15, -0.1) is 0 Å². The third kappa shape index (κ3) is 5.14. The number of benzene rings is 1. The number of hydrogen-bond acceptors (Lipinski definition) is 6. The molecule has 0 unspecified atom stereocenters. The second-order valence-electron chi connectivity index (χ2n) is 7.19. The molecule has 31 heavy (non-hydrogen) atoms. The Morgan fingerprint density at radius 1 is 1.00 bits per heavy atom. The summed E-state index contributed by atoms with van der Waals surface area (Å²) in [5, 5.41) is 3.29. The second-order valence-corrected chi connectivity index (χ2v) is 7.19. The molecule has 0 aliphatic rings. The van der Waals surface area contributed by atoms with E-state index < -0.39 is 0 Å². The van der Waals surface area contributed by atoms with Gasteiger partial charge in [0.05, 0.1) is 0 Å². The van der Waals surface area contributed by atoms with Crippen LogP contribution in [0.25, 0.3) is 11.4 Å². The van der Waals surface area contributed by atoms with Crippen LogP contribution in [0.1, 0.15) is 22.4 Å². The van der Waals surface area contributed by atoms with Gasteiger partial charge in [0.2, 0.25) is 5.88 Å². The van der Waals surface area contributed by atoms with E-state index in [-0.39, 0.29) is 5.56 Å². The van der Waals surface area contributed by atoms with Gasteiger partial charge in [0.25, 0.3) is 5.56 Å². The van der Waals surface area contributed by atoms with Crippen LogP contribution < -0.4 is 15.6 Å². The molecule has 3 heterocycles. The van der Waals surface area contributed by atoms with E-state index in [1.807, 2.05) is 61.5 Å². The molecule has 0 spiro atoms. The number of nitrogens with one attached hydrogen (secondary N) is 2. The van der Waals surface area contributed by atoms with E-state index in [0.29, 0.717) is 36.1 Å². The summed E-state index contributed by atoms with van der Waals surface area (Å²) in [6.07, 6.45) is 3.42. The zero-order valence-corrected chi connectivity index (χ0v) is 17.4. The van der Waals surface area contributed by atoms with Gasteiger partial charge in [0.15, 0.2) is 0 Å². The lowest BCUT2D eigenvalue weighted by molar-refractivity contribution is 0.293. The van der Waals surface area contributed by atoms with Gasteiger partial charge in [-0.25, -0.2) is 15.0 Å². The van der Waals surface area contributed by atoms with Gasteiger partial charge in [-0.3, -0.25) is 4.79 Å². The minimum Gasteiger partial charge on any atom is -0.473 e. The average molecular weight is 413 g/mol. The fourth-order valence-corrected chi connectivity index (χ4v) is 2.98. The normalized spacial score (nSPS) is 10.6. The Hall–Kier alpha value is -4.00. The highest BCUT2D eigenvalue weighted by atomic mass is 16.5. The summed E-state index contributed by atoms with van der Waals surface area (Å²) in [5.74, 6) is 1.82. The van der Waals surface area contributed by atoms with Gasteiger partial charge >= 0.3 is 0 Å². The molecule has 1 aromatic carbocycles. The van der Waals surface area contributed by atoms with Gasteiger partial charge in [-0.1, -0.05) is 30.3 Å². The Labute approximate surface area is 180 Å². The standard InChI is InChI=1S/C24H23N5O2/c1-16-17(2)28-23(29-24(16)30)20-8-9-21(27-14-20)26-13-19-10-11-25-22(12-19)31-15-18-6-4-3-5-7-18/h3-12,14H,13,15H2,1-2H3,(H,26,27)(H,28,29,30). The third-order valence-electron chi connectivity index (χ3n) is 4.93. The number of hydrogen-bond donors (Lipinski definition) is 2. The van der Waals surface area contributed by atoms with Crippen LogP contribution in [0.5, 0.6) is 5.88 Å². The van der Waals surface area contributed by atoms with E-state index in [9.17, 15) is 4.79 Å². The molecule has 2 N–H and O–H groups in total. The summed E-state index contributed by atoms with van der Waals surface area (Å²) < 4.78 is 5.79. The summed E-state index contributed by atoms with van der Waals surface area (Å²) in [5.41, 5.74) is 4.09. The van der Waals surface area contributed by atoms with Gasteiger partial charge in [-0.05, 0) is 43.2 Å². The van der Waals surface area contributed by atoms with Gasteiger partial charge < -0.3 is 15.0 Å². The molecule has 0 atom stereocenters. The topological polar surface area (TPSA) is 92.8 Å². The fourth-order valence-electron chi connectivity index (χ4n) is 2.98. The predicted octanol–water partition coefficient (Wildman–Crippen LogP) is 4.03. The molecule has 0 saturated carbocycles. The lowest BCUT2D eigenvalue weighted by atomic mass is 10.2. The van der Waals surface area contributed by atoms with Crippen LogP contribution in [-0.2, 0) is 13.2 Å². The van der Waals surface area contributed by atoms with Crippen LogP contribution in [0, 0.1) is 13.8 Å². The van der Waals surface area contributed by atoms with Crippen molar-refractivity contribution in [1.29, 1.82) is 0 Å². The van der Waals surface area contributed by atoms with E-state index in [2.05, 4.69) is 25.3 Å². The molecule has 4 aromatic rings. The van der Waals surface area contributed by atoms with Crippen molar-refractivity contribution in [1.82, 2.24) is 19.9 Å². The second kappa shape index (κ2) is 9.21. The Bertz CT molecular complexity index is 1220. The first-order valence-corrected chi connectivity index (χ1v) is 9.98. The number of ether oxygens (including phenoxy) is 1. The van der Waals surface area contributed by atoms with E-state index in [4.69, 9.17) is 4.74 Å². The Morgan fingerprint density at radius 2 is 1.84 bits per heavy atom. The zero-order valence-electron chi connectivity index (χ0n) is 17.4. The van der Waals surface area contributed by atoms with Crippen molar-refractivity contribution in [2.75, 3.05) is 5.32 Å². The van der Waals surface area contributed by atoms with Gasteiger partial charge in [-0.2, -0.15) is 0 Å². The minimum absolute atomic E-state index is 0.132. The molecule has 7 nitrogen and oxygen atoms in total. The maximum atomic E-state index is 12.0. The van der Waals surface area contributed by atoms with Crippen LogP contribution in [0.3, 0.4) is 0 Å². The predicted molar refractivity (Wildman–Crippen MR) is 120 cm³/mol. The van der Waals surface area contributed by atoms with Crippen LogP contribution in [0.15, 0.2) is 71.8 Å². The number of pyridine rings is 2. The maximum Gasteiger partial charge on any atom is 0.254 e. The van der Waals surface area contributed by atoms with Gasteiger partial charge in [0, 0.05) is 41.8 Å². The molecular formula is C24H23N5O2. The molecule has 0 saturated heterocycles. The first kappa shape index (κ1) is 20.3. The fraction of sp³-hybridized carbons (Fsp3) is 0.167. The number of aromatic nitrogens is 4. The summed E-state index contributed by atoms with van der Waals surface area (Å²) in [7, 11) is 0. The Kier molecular flexibility index (Phi) is 6.03. The average Bonchev–Trinajstić information content (AvgIpc) is 2.81. The van der Waals surface area contributed by atoms with Crippen molar-refractivity contribution in [2.45, 2.75) is 27.0 Å². The number of H-pyrrole nitrogens is 1. The molecule has 0 aliphatic carbocycles. The van der Waals surface area contributed by atoms with E-state index >= 15 is 0 Å². The minimum atomic E-state index is -0.132. The molecule has 0 amide bonds. The van der Waals surface area contributed by atoms with Crippen molar-refractivity contribution in [3.63, 3.8) is 0 Å². The number of aryl methyl sites for hydroxylation is 1. The van der Waals surface area contributed by atoms with Crippen LogP contribution in [0.2, 0.25) is 0 Å². The molecule has 3 aromatic heterocycles. The lowest BCUT2D eigenvalue weighted by Gasteiger charge is -2.09. The van der Waals surface area contributed by atoms with Crippen LogP contribution >= 0.6 is 0 Å². The maximum absolute atomic E-state index is 12.0. The number of aromatic amines is 1. The smallest absolute Gasteiger partial charge is 0.254 e. The van der Waals surface area contributed by atoms with Crippen molar-refractivity contribution >= 4 is 5.82 Å². The SMILES string of the molecule is Cc1nc(-c2ccc(NCc3ccnc(OCc4ccccc4)c3)nc2)[nH]c(=O)c1C. The molecule has 0 fully saturated rings. The number of nitrogens with zero attached hydrogens (tertiary/aromatic N) is 3. The Balaban J connectivity index is 1.38. The largest absolute Gasteiger partial charge is 0.473 e. The van der Waals surface area contributed by atoms with E-state index in [1.54, 1.807) is 19.3 Å². The van der Waals surface area contributed by atoms with Crippen molar-refractivity contribution < 1.29 is 4.74 Å². The highest BCUT2D eigenvalue weighted by Crippen LogP contribution is 2.17. The van der Waals surface area contributed by atoms with Crippen LogP contribution in [0.4, 0.5) is 5.82 Å². The first-order chi connectivity index (χ1) is 15.1. The summed E-state index contributed by atoms with van der Waals surface area (Å²) in [4.78, 5) is 27.9. The van der Waals surface area contributed by atoms with Crippen molar-refractivity contribution in [3.8, 4) is 17.3 Å². The summed E-state index contributed by atoms with van der Waals surface area (Å²) in [6.45, 7) is 4.63. The third-order valence-corrected chi connectivity index (χ3v) is 4.93. The molecule has 0 radical (unpaired) electrons. The molecule has 4 rings (SSSR count). The van der Waals surface area contributed by atoms with Gasteiger partial charge in [0.1, 0.15) is 18.2 Å². The molecular weight excluding hydrogens is 390 g/mol. The number of anilines is 1. The molecule has 0 bridgehead atoms. The monoisotopic (exact) mass is 413 g/mol. The number of rotatable bonds is 7. The van der Waals surface area contributed by atoms with E-state index in [1.165, 1.54) is 0 Å². The van der Waals surface area contributed by atoms with Crippen LogP contribution in [-0.4, -0.2) is 19.9 Å².